The van der Waals surface area contributed by atoms with Crippen LogP contribution >= 0.6 is 39.1 Å². The Balaban J connectivity index is 2.30. The highest BCUT2D eigenvalue weighted by atomic mass is 79.9. The molecule has 0 aliphatic rings. The van der Waals surface area contributed by atoms with Gasteiger partial charge in [-0.2, -0.15) is 0 Å². The first kappa shape index (κ1) is 15.4. The van der Waals surface area contributed by atoms with E-state index in [4.69, 9.17) is 27.9 Å². The largest absolute Gasteiger partial charge is 0.496 e. The fraction of sp³-hybridized carbons (Fsp3) is 0.133. The van der Waals surface area contributed by atoms with Gasteiger partial charge >= 0.3 is 0 Å². The smallest absolute Gasteiger partial charge is 0.171 e. The van der Waals surface area contributed by atoms with E-state index in [1.54, 1.807) is 24.3 Å². The molecule has 104 valence electrons. The van der Waals surface area contributed by atoms with Crippen LogP contribution in [0.3, 0.4) is 0 Å². The minimum absolute atomic E-state index is 0.0893. The van der Waals surface area contributed by atoms with Gasteiger partial charge in [0, 0.05) is 20.9 Å². The zero-order chi connectivity index (χ0) is 14.7. The molecule has 0 heterocycles. The zero-order valence-electron chi connectivity index (χ0n) is 10.6. The number of carbonyl (C=O) groups excluding carboxylic acids is 1. The van der Waals surface area contributed by atoms with Crippen LogP contribution in [0.25, 0.3) is 0 Å². The molecule has 2 rings (SSSR count). The number of ketones is 1. The van der Waals surface area contributed by atoms with Crippen LogP contribution in [-0.4, -0.2) is 12.9 Å². The van der Waals surface area contributed by atoms with Gasteiger partial charge in [-0.15, -0.1) is 0 Å². The van der Waals surface area contributed by atoms with E-state index in [1.807, 2.05) is 12.1 Å². The molecule has 5 heteroatoms. The van der Waals surface area contributed by atoms with Gasteiger partial charge in [-0.05, 0) is 35.9 Å². The van der Waals surface area contributed by atoms with Crippen LogP contribution in [0.4, 0.5) is 0 Å². The van der Waals surface area contributed by atoms with Crippen LogP contribution in [0.1, 0.15) is 15.9 Å². The Kier molecular flexibility index (Phi) is 5.08. The number of benzene rings is 2. The summed E-state index contributed by atoms with van der Waals surface area (Å²) in [5.74, 6) is 0.418. The first-order valence-corrected chi connectivity index (χ1v) is 7.37. The molecule has 0 spiro atoms. The fourth-order valence-electron chi connectivity index (χ4n) is 1.83. The summed E-state index contributed by atoms with van der Waals surface area (Å²) >= 11 is 15.4. The maximum absolute atomic E-state index is 12.4. The Bertz CT molecular complexity index is 656. The van der Waals surface area contributed by atoms with E-state index in [9.17, 15) is 4.79 Å². The van der Waals surface area contributed by atoms with E-state index in [1.165, 1.54) is 7.11 Å². The van der Waals surface area contributed by atoms with Crippen molar-refractivity contribution in [1.82, 2.24) is 0 Å². The van der Waals surface area contributed by atoms with E-state index in [0.29, 0.717) is 21.4 Å². The van der Waals surface area contributed by atoms with Gasteiger partial charge in [-0.25, -0.2) is 0 Å². The van der Waals surface area contributed by atoms with Crippen molar-refractivity contribution in [1.29, 1.82) is 0 Å². The molecular weight excluding hydrogens is 363 g/mol. The minimum atomic E-state index is -0.0893. The second kappa shape index (κ2) is 6.61. The Hall–Kier alpha value is -1.03. The first-order chi connectivity index (χ1) is 9.51. The van der Waals surface area contributed by atoms with Crippen LogP contribution in [0.5, 0.6) is 5.75 Å². The molecule has 2 aromatic rings. The lowest BCUT2D eigenvalue weighted by molar-refractivity contribution is 0.0990. The number of hydrogen-bond donors (Lipinski definition) is 0. The van der Waals surface area contributed by atoms with Crippen molar-refractivity contribution in [2.45, 2.75) is 6.42 Å². The lowest BCUT2D eigenvalue weighted by atomic mass is 10.0. The maximum atomic E-state index is 12.4. The average molecular weight is 374 g/mol. The highest BCUT2D eigenvalue weighted by Gasteiger charge is 2.15. The zero-order valence-corrected chi connectivity index (χ0v) is 13.7. The predicted octanol–water partition coefficient (Wildman–Crippen LogP) is 5.19. The molecular formula is C15H11BrCl2O2. The first-order valence-electron chi connectivity index (χ1n) is 5.82. The SMILES string of the molecule is COc1ccc(Cl)cc1C(=O)Cc1ccc(Br)cc1Cl. The quantitative estimate of drug-likeness (QED) is 0.689. The molecule has 0 saturated heterocycles. The van der Waals surface area contributed by atoms with E-state index < -0.39 is 0 Å². The Labute approximate surface area is 135 Å². The summed E-state index contributed by atoms with van der Waals surface area (Å²) < 4.78 is 6.06. The number of rotatable bonds is 4. The number of carbonyl (C=O) groups is 1. The maximum Gasteiger partial charge on any atom is 0.171 e. The Morgan fingerprint density at radius 2 is 1.95 bits per heavy atom. The van der Waals surface area contributed by atoms with E-state index in [2.05, 4.69) is 15.9 Å². The summed E-state index contributed by atoms with van der Waals surface area (Å²) in [6.07, 6.45) is 0.197. The molecule has 20 heavy (non-hydrogen) atoms. The third kappa shape index (κ3) is 3.54. The predicted molar refractivity (Wildman–Crippen MR) is 85.2 cm³/mol. The van der Waals surface area contributed by atoms with Gasteiger partial charge in [0.15, 0.2) is 5.78 Å². The molecule has 0 atom stereocenters. The van der Waals surface area contributed by atoms with Crippen molar-refractivity contribution in [2.24, 2.45) is 0 Å². The summed E-state index contributed by atoms with van der Waals surface area (Å²) in [7, 11) is 1.52. The lowest BCUT2D eigenvalue weighted by Crippen LogP contribution is -2.06. The van der Waals surface area contributed by atoms with Crippen LogP contribution in [0.2, 0.25) is 10.0 Å². The van der Waals surface area contributed by atoms with Gasteiger partial charge in [-0.1, -0.05) is 45.2 Å². The molecule has 0 aliphatic heterocycles. The number of Topliss-reactive ketones (excluding diaryl/α,β-unsaturated/α-hetero) is 1. The lowest BCUT2D eigenvalue weighted by Gasteiger charge is -2.09. The minimum Gasteiger partial charge on any atom is -0.496 e. The van der Waals surface area contributed by atoms with Crippen molar-refractivity contribution in [3.8, 4) is 5.75 Å². The third-order valence-electron chi connectivity index (χ3n) is 2.83. The molecule has 0 bridgehead atoms. The molecule has 0 radical (unpaired) electrons. The summed E-state index contributed by atoms with van der Waals surface area (Å²) in [6.45, 7) is 0. The van der Waals surface area contributed by atoms with E-state index in [0.717, 1.165) is 10.0 Å². The number of ether oxygens (including phenoxy) is 1. The molecule has 2 nitrogen and oxygen atoms in total. The molecule has 0 fully saturated rings. The number of halogens is 3. The summed E-state index contributed by atoms with van der Waals surface area (Å²) in [6, 6.07) is 10.4. The van der Waals surface area contributed by atoms with Gasteiger partial charge in [-0.3, -0.25) is 4.79 Å². The van der Waals surface area contributed by atoms with Crippen LogP contribution < -0.4 is 4.74 Å². The second-order valence-corrected chi connectivity index (χ2v) is 5.94. The summed E-state index contributed by atoms with van der Waals surface area (Å²) in [4.78, 5) is 12.4. The number of methoxy groups -OCH3 is 1. The normalized spacial score (nSPS) is 10.4. The van der Waals surface area contributed by atoms with Crippen molar-refractivity contribution in [3.63, 3.8) is 0 Å². The van der Waals surface area contributed by atoms with Gasteiger partial charge < -0.3 is 4.74 Å². The summed E-state index contributed by atoms with van der Waals surface area (Å²) in [5.41, 5.74) is 1.22. The molecule has 2 aromatic carbocycles. The van der Waals surface area contributed by atoms with Crippen LogP contribution in [-0.2, 0) is 6.42 Å². The molecule has 0 aliphatic carbocycles. The monoisotopic (exact) mass is 372 g/mol. The third-order valence-corrected chi connectivity index (χ3v) is 3.91. The topological polar surface area (TPSA) is 26.3 Å². The second-order valence-electron chi connectivity index (χ2n) is 4.18. The van der Waals surface area contributed by atoms with E-state index >= 15 is 0 Å². The van der Waals surface area contributed by atoms with Gasteiger partial charge in [0.25, 0.3) is 0 Å². The van der Waals surface area contributed by atoms with Crippen molar-refractivity contribution >= 4 is 44.9 Å². The molecule has 0 aromatic heterocycles. The van der Waals surface area contributed by atoms with Crippen molar-refractivity contribution < 1.29 is 9.53 Å². The fourth-order valence-corrected chi connectivity index (χ4v) is 2.74. The highest BCUT2D eigenvalue weighted by Crippen LogP contribution is 2.27. The van der Waals surface area contributed by atoms with E-state index in [-0.39, 0.29) is 12.2 Å². The number of hydrogen-bond acceptors (Lipinski definition) is 2. The Morgan fingerprint density at radius 3 is 2.60 bits per heavy atom. The molecule has 0 amide bonds. The van der Waals surface area contributed by atoms with Crippen LogP contribution in [0, 0.1) is 0 Å². The molecule has 0 N–H and O–H groups in total. The molecule has 0 unspecified atom stereocenters. The van der Waals surface area contributed by atoms with Gasteiger partial charge in [0.05, 0.1) is 12.7 Å². The van der Waals surface area contributed by atoms with Crippen LogP contribution in [0.15, 0.2) is 40.9 Å². The van der Waals surface area contributed by atoms with Gasteiger partial charge in [0.1, 0.15) is 5.75 Å². The summed E-state index contributed by atoms with van der Waals surface area (Å²) in [5, 5.41) is 1.05. The standard InChI is InChI=1S/C15H11BrCl2O2/c1-20-15-5-4-11(17)8-12(15)14(19)6-9-2-3-10(16)7-13(9)18/h2-5,7-8H,6H2,1H3. The molecule has 0 saturated carbocycles. The van der Waals surface area contributed by atoms with Gasteiger partial charge in [0.2, 0.25) is 0 Å². The average Bonchev–Trinajstić information content (AvgIpc) is 2.41. The highest BCUT2D eigenvalue weighted by molar-refractivity contribution is 9.10. The van der Waals surface area contributed by atoms with Crippen molar-refractivity contribution in [3.05, 3.63) is 62.0 Å². The Morgan fingerprint density at radius 1 is 1.20 bits per heavy atom. The van der Waals surface area contributed by atoms with Crippen molar-refractivity contribution in [2.75, 3.05) is 7.11 Å².